The van der Waals surface area contributed by atoms with Crippen LogP contribution in [0.25, 0.3) is 0 Å². The van der Waals surface area contributed by atoms with Crippen LogP contribution in [0.2, 0.25) is 0 Å². The molecule has 0 aliphatic carbocycles. The van der Waals surface area contributed by atoms with Gasteiger partial charge in [0.2, 0.25) is 0 Å². The van der Waals surface area contributed by atoms with E-state index in [4.69, 9.17) is 0 Å². The summed E-state index contributed by atoms with van der Waals surface area (Å²) in [6.45, 7) is 8.29. The van der Waals surface area contributed by atoms with Crippen LogP contribution in [0.5, 0.6) is 0 Å². The molecule has 0 bridgehead atoms. The lowest BCUT2D eigenvalue weighted by atomic mass is 9.95. The Balaban J connectivity index is 0.000000140. The van der Waals surface area contributed by atoms with Crippen molar-refractivity contribution in [1.82, 2.24) is 9.80 Å². The van der Waals surface area contributed by atoms with E-state index in [0.717, 1.165) is 63.2 Å². The molecule has 2 fully saturated rings. The Kier molecular flexibility index (Phi) is 7.44. The molecular formula is C37H40F2N4. The minimum atomic E-state index is -0.135. The van der Waals surface area contributed by atoms with Crippen LogP contribution < -0.4 is 9.80 Å². The molecule has 8 rings (SSSR count). The molecule has 2 unspecified atom stereocenters. The van der Waals surface area contributed by atoms with Gasteiger partial charge >= 0.3 is 0 Å². The van der Waals surface area contributed by atoms with Crippen LogP contribution in [0, 0.1) is 18.6 Å². The van der Waals surface area contributed by atoms with E-state index in [1.54, 1.807) is 24.3 Å². The van der Waals surface area contributed by atoms with Crippen molar-refractivity contribution in [2.45, 2.75) is 31.8 Å². The second-order valence-corrected chi connectivity index (χ2v) is 12.7. The van der Waals surface area contributed by atoms with Crippen molar-refractivity contribution in [2.24, 2.45) is 0 Å². The van der Waals surface area contributed by atoms with E-state index < -0.39 is 0 Å². The van der Waals surface area contributed by atoms with Gasteiger partial charge in [0.05, 0.1) is 12.1 Å². The van der Waals surface area contributed by atoms with Gasteiger partial charge in [-0.2, -0.15) is 0 Å². The van der Waals surface area contributed by atoms with Crippen molar-refractivity contribution in [3.8, 4) is 0 Å². The summed E-state index contributed by atoms with van der Waals surface area (Å²) in [5, 5.41) is 0. The largest absolute Gasteiger partial charge is 0.362 e. The maximum absolute atomic E-state index is 13.8. The Morgan fingerprint density at radius 2 is 1.09 bits per heavy atom. The number of rotatable bonds is 0. The first-order valence-corrected chi connectivity index (χ1v) is 15.5. The summed E-state index contributed by atoms with van der Waals surface area (Å²) in [5.74, 6) is -0.269. The van der Waals surface area contributed by atoms with Crippen molar-refractivity contribution in [3.05, 3.63) is 129 Å². The monoisotopic (exact) mass is 578 g/mol. The third-order valence-corrected chi connectivity index (χ3v) is 9.70. The van der Waals surface area contributed by atoms with Gasteiger partial charge in [-0.1, -0.05) is 48.0 Å². The van der Waals surface area contributed by atoms with Crippen LogP contribution in [0.4, 0.5) is 20.2 Å². The Bertz CT molecular complexity index is 1650. The van der Waals surface area contributed by atoms with E-state index in [1.807, 2.05) is 12.1 Å². The van der Waals surface area contributed by atoms with Crippen molar-refractivity contribution in [1.29, 1.82) is 0 Å². The smallest absolute Gasteiger partial charge is 0.123 e. The predicted octanol–water partition coefficient (Wildman–Crippen LogP) is 6.75. The van der Waals surface area contributed by atoms with Crippen LogP contribution in [-0.4, -0.2) is 63.2 Å². The van der Waals surface area contributed by atoms with Crippen molar-refractivity contribution >= 4 is 11.4 Å². The minimum Gasteiger partial charge on any atom is -0.362 e. The summed E-state index contributed by atoms with van der Waals surface area (Å²) >= 11 is 0. The summed E-state index contributed by atoms with van der Waals surface area (Å²) in [7, 11) is 4.33. The SMILES string of the molecule is CN1CCN2c3ccccc3Cc3cc(F)ccc3C2C1.Cc1ccc2c(c1)Cc1cc(F)ccc1C1CN(C)CCN21. The number of benzene rings is 4. The molecule has 2 atom stereocenters. The van der Waals surface area contributed by atoms with E-state index in [9.17, 15) is 8.78 Å². The first kappa shape index (κ1) is 28.1. The van der Waals surface area contributed by atoms with Gasteiger partial charge < -0.3 is 19.6 Å². The van der Waals surface area contributed by atoms with E-state index in [1.165, 1.54) is 39.2 Å². The highest BCUT2D eigenvalue weighted by atomic mass is 19.1. The summed E-state index contributed by atoms with van der Waals surface area (Å²) in [4.78, 5) is 9.74. The third-order valence-electron chi connectivity index (χ3n) is 9.70. The fourth-order valence-corrected chi connectivity index (χ4v) is 7.54. The molecule has 4 aromatic rings. The lowest BCUT2D eigenvalue weighted by Crippen LogP contribution is -2.46. The summed E-state index contributed by atoms with van der Waals surface area (Å²) in [6, 6.07) is 26.5. The lowest BCUT2D eigenvalue weighted by molar-refractivity contribution is 0.269. The van der Waals surface area contributed by atoms with Crippen molar-refractivity contribution in [2.75, 3.05) is 63.2 Å². The summed E-state index contributed by atoms with van der Waals surface area (Å²) < 4.78 is 27.4. The number of fused-ring (bicyclic) bond motifs is 10. The first-order chi connectivity index (χ1) is 20.8. The molecule has 6 heteroatoms. The second kappa shape index (κ2) is 11.4. The van der Waals surface area contributed by atoms with Crippen LogP contribution in [0.15, 0.2) is 78.9 Å². The van der Waals surface area contributed by atoms with E-state index >= 15 is 0 Å². The maximum Gasteiger partial charge on any atom is 0.123 e. The minimum absolute atomic E-state index is 0.134. The second-order valence-electron chi connectivity index (χ2n) is 12.7. The highest BCUT2D eigenvalue weighted by molar-refractivity contribution is 5.62. The van der Waals surface area contributed by atoms with Gasteiger partial charge in [-0.05, 0) is 104 Å². The summed E-state index contributed by atoms with van der Waals surface area (Å²) in [6.07, 6.45) is 1.64. The third kappa shape index (κ3) is 5.43. The zero-order valence-electron chi connectivity index (χ0n) is 25.4. The van der Waals surface area contributed by atoms with Gasteiger partial charge in [0.1, 0.15) is 11.6 Å². The zero-order valence-corrected chi connectivity index (χ0v) is 25.4. The number of para-hydroxylation sites is 1. The number of halogens is 2. The highest BCUT2D eigenvalue weighted by Crippen LogP contribution is 2.40. The molecule has 43 heavy (non-hydrogen) atoms. The zero-order chi connectivity index (χ0) is 29.7. The standard InChI is InChI=1S/C19H21FN2.C18H19FN2/c1-13-3-6-18-15(9-13)10-14-11-16(20)4-5-17(14)19-12-21(2)7-8-22(18)19;1-20-8-9-21-17-5-3-2-4-13(17)10-14-11-15(19)6-7-16(14)18(21)12-20/h3-6,9,11,19H,7-8,10,12H2,1-2H3;2-7,11,18H,8-10,12H2,1H3. The number of aryl methyl sites for hydroxylation is 1. The normalized spacial score (nSPS) is 21.0. The molecule has 0 N–H and O–H groups in total. The lowest BCUT2D eigenvalue weighted by Gasteiger charge is -2.41. The number of hydrogen-bond acceptors (Lipinski definition) is 4. The van der Waals surface area contributed by atoms with Gasteiger partial charge in [-0.25, -0.2) is 8.78 Å². The molecule has 4 aromatic carbocycles. The molecule has 0 aromatic heterocycles. The molecule has 2 saturated heterocycles. The van der Waals surface area contributed by atoms with Crippen LogP contribution in [0.1, 0.15) is 51.0 Å². The Labute approximate surface area is 254 Å². The molecular weight excluding hydrogens is 538 g/mol. The molecule has 4 heterocycles. The van der Waals surface area contributed by atoms with Gasteiger partial charge in [-0.3, -0.25) is 0 Å². The Hall–Kier alpha value is -3.74. The van der Waals surface area contributed by atoms with Crippen molar-refractivity contribution < 1.29 is 8.78 Å². The van der Waals surface area contributed by atoms with Crippen LogP contribution >= 0.6 is 0 Å². The molecule has 0 spiro atoms. The molecule has 4 aliphatic heterocycles. The topological polar surface area (TPSA) is 13.0 Å². The number of anilines is 2. The van der Waals surface area contributed by atoms with Gasteiger partial charge in [-0.15, -0.1) is 0 Å². The van der Waals surface area contributed by atoms with E-state index in [2.05, 4.69) is 83.1 Å². The Morgan fingerprint density at radius 3 is 1.70 bits per heavy atom. The van der Waals surface area contributed by atoms with E-state index in [-0.39, 0.29) is 11.6 Å². The number of likely N-dealkylation sites (N-methyl/N-ethyl adjacent to an activating group) is 2. The van der Waals surface area contributed by atoms with Gasteiger partial charge in [0.25, 0.3) is 0 Å². The number of piperazine rings is 2. The molecule has 4 aliphatic rings. The maximum atomic E-state index is 13.8. The van der Waals surface area contributed by atoms with Crippen LogP contribution in [0.3, 0.4) is 0 Å². The van der Waals surface area contributed by atoms with Gasteiger partial charge in [0, 0.05) is 50.6 Å². The average Bonchev–Trinajstić information content (AvgIpc) is 3.20. The quantitative estimate of drug-likeness (QED) is 0.229. The van der Waals surface area contributed by atoms with Gasteiger partial charge in [0.15, 0.2) is 0 Å². The van der Waals surface area contributed by atoms with E-state index in [0.29, 0.717) is 12.1 Å². The number of hydrogen-bond donors (Lipinski definition) is 0. The molecule has 0 amide bonds. The molecule has 222 valence electrons. The average molecular weight is 579 g/mol. The fourth-order valence-electron chi connectivity index (χ4n) is 7.54. The molecule has 0 saturated carbocycles. The van der Waals surface area contributed by atoms with Crippen molar-refractivity contribution in [3.63, 3.8) is 0 Å². The molecule has 0 radical (unpaired) electrons. The number of nitrogens with zero attached hydrogens (tertiary/aromatic N) is 4. The highest BCUT2D eigenvalue weighted by Gasteiger charge is 2.33. The van der Waals surface area contributed by atoms with Crippen LogP contribution in [-0.2, 0) is 12.8 Å². The fraction of sp³-hybridized carbons (Fsp3) is 0.351. The Morgan fingerprint density at radius 1 is 0.558 bits per heavy atom. The summed E-state index contributed by atoms with van der Waals surface area (Å²) in [5.41, 5.74) is 11.3. The first-order valence-electron chi connectivity index (χ1n) is 15.5. The predicted molar refractivity (Wildman–Crippen MR) is 171 cm³/mol. The molecule has 4 nitrogen and oxygen atoms in total.